The fourth-order valence-corrected chi connectivity index (χ4v) is 3.19. The summed E-state index contributed by atoms with van der Waals surface area (Å²) in [5.74, 6) is 1.19. The van der Waals surface area contributed by atoms with Crippen molar-refractivity contribution in [2.24, 2.45) is 0 Å². The summed E-state index contributed by atoms with van der Waals surface area (Å²) in [7, 11) is 0. The largest absolute Gasteiger partial charge is 0.325 e. The van der Waals surface area contributed by atoms with Gasteiger partial charge in [-0.05, 0) is 43.5 Å². The molecule has 0 spiro atoms. The van der Waals surface area contributed by atoms with Crippen LogP contribution in [0.4, 0.5) is 23.1 Å². The monoisotopic (exact) mass is 345 g/mol. The van der Waals surface area contributed by atoms with E-state index in [2.05, 4.69) is 43.6 Å². The Bertz CT molecular complexity index is 956. The molecule has 1 aliphatic heterocycles. The van der Waals surface area contributed by atoms with E-state index in [9.17, 15) is 4.79 Å². The predicted octanol–water partition coefficient (Wildman–Crippen LogP) is 3.90. The van der Waals surface area contributed by atoms with Crippen LogP contribution in [-0.4, -0.2) is 27.5 Å². The molecule has 0 aliphatic carbocycles. The van der Waals surface area contributed by atoms with Crippen LogP contribution >= 0.6 is 0 Å². The highest BCUT2D eigenvalue weighted by molar-refractivity contribution is 5.95. The molecule has 0 saturated carbocycles. The number of aromatic nitrogens is 3. The molecule has 0 saturated heterocycles. The van der Waals surface area contributed by atoms with Gasteiger partial charge in [-0.2, -0.15) is 10.1 Å². The number of ketones is 1. The zero-order valence-corrected chi connectivity index (χ0v) is 14.5. The maximum Gasteiger partial charge on any atom is 0.249 e. The van der Waals surface area contributed by atoms with E-state index in [0.29, 0.717) is 11.5 Å². The molecule has 2 heterocycles. The van der Waals surface area contributed by atoms with Gasteiger partial charge in [-0.1, -0.05) is 30.3 Å². The lowest BCUT2D eigenvalue weighted by molar-refractivity contribution is 0.101. The molecule has 0 radical (unpaired) electrons. The SMILES string of the molecule is CC(=O)c1cccc(Nc2nncc(N3CCCc4ccccc43)n2)c1. The van der Waals surface area contributed by atoms with Gasteiger partial charge < -0.3 is 10.2 Å². The summed E-state index contributed by atoms with van der Waals surface area (Å²) >= 11 is 0. The van der Waals surface area contributed by atoms with Gasteiger partial charge in [0.1, 0.15) is 0 Å². The van der Waals surface area contributed by atoms with Crippen molar-refractivity contribution in [2.45, 2.75) is 19.8 Å². The molecule has 0 atom stereocenters. The molecule has 6 nitrogen and oxygen atoms in total. The molecular weight excluding hydrogens is 326 g/mol. The second-order valence-electron chi connectivity index (χ2n) is 6.28. The highest BCUT2D eigenvalue weighted by Gasteiger charge is 2.19. The zero-order valence-electron chi connectivity index (χ0n) is 14.5. The Morgan fingerprint density at radius 2 is 2.04 bits per heavy atom. The summed E-state index contributed by atoms with van der Waals surface area (Å²) in [6, 6.07) is 15.6. The van der Waals surface area contributed by atoms with Gasteiger partial charge in [0.2, 0.25) is 5.95 Å². The van der Waals surface area contributed by atoms with Gasteiger partial charge in [0.05, 0.1) is 6.20 Å². The second kappa shape index (κ2) is 6.92. The molecule has 2 aromatic carbocycles. The molecule has 0 bridgehead atoms. The summed E-state index contributed by atoms with van der Waals surface area (Å²) in [6.45, 7) is 2.45. The van der Waals surface area contributed by atoms with E-state index in [0.717, 1.165) is 30.9 Å². The number of nitrogens with zero attached hydrogens (tertiary/aromatic N) is 4. The number of benzene rings is 2. The molecule has 0 fully saturated rings. The summed E-state index contributed by atoms with van der Waals surface area (Å²) in [5.41, 5.74) is 3.89. The van der Waals surface area contributed by atoms with Gasteiger partial charge >= 0.3 is 0 Å². The minimum atomic E-state index is 0.0198. The van der Waals surface area contributed by atoms with E-state index in [1.165, 1.54) is 11.3 Å². The topological polar surface area (TPSA) is 71.0 Å². The maximum atomic E-state index is 11.5. The zero-order chi connectivity index (χ0) is 17.9. The molecule has 0 amide bonds. The first kappa shape index (κ1) is 16.2. The van der Waals surface area contributed by atoms with Crippen LogP contribution in [0.1, 0.15) is 29.3 Å². The summed E-state index contributed by atoms with van der Waals surface area (Å²) < 4.78 is 0. The van der Waals surface area contributed by atoms with Crippen molar-refractivity contribution >= 4 is 28.9 Å². The Morgan fingerprint density at radius 1 is 1.15 bits per heavy atom. The van der Waals surface area contributed by atoms with Crippen LogP contribution in [0, 0.1) is 0 Å². The van der Waals surface area contributed by atoms with Crippen LogP contribution in [0.25, 0.3) is 0 Å². The van der Waals surface area contributed by atoms with Crippen molar-refractivity contribution in [1.82, 2.24) is 15.2 Å². The van der Waals surface area contributed by atoms with Crippen LogP contribution in [-0.2, 0) is 6.42 Å². The molecule has 6 heteroatoms. The Balaban J connectivity index is 1.62. The van der Waals surface area contributed by atoms with Crippen LogP contribution < -0.4 is 10.2 Å². The predicted molar refractivity (Wildman–Crippen MR) is 101 cm³/mol. The third-order valence-electron chi connectivity index (χ3n) is 4.46. The molecular formula is C20H19N5O. The van der Waals surface area contributed by atoms with E-state index >= 15 is 0 Å². The Morgan fingerprint density at radius 3 is 2.92 bits per heavy atom. The van der Waals surface area contributed by atoms with Gasteiger partial charge in [-0.3, -0.25) is 4.79 Å². The highest BCUT2D eigenvalue weighted by Crippen LogP contribution is 2.32. The fraction of sp³-hybridized carbons (Fsp3) is 0.200. The lowest BCUT2D eigenvalue weighted by Crippen LogP contribution is -2.25. The maximum absolute atomic E-state index is 11.5. The average molecular weight is 345 g/mol. The molecule has 1 aromatic heterocycles. The first-order chi connectivity index (χ1) is 12.7. The number of hydrogen-bond acceptors (Lipinski definition) is 6. The number of nitrogens with one attached hydrogen (secondary N) is 1. The van der Waals surface area contributed by atoms with Crippen molar-refractivity contribution in [2.75, 3.05) is 16.8 Å². The Hall–Kier alpha value is -3.28. The van der Waals surface area contributed by atoms with E-state index in [-0.39, 0.29) is 5.78 Å². The number of para-hydroxylation sites is 1. The number of anilines is 4. The number of aryl methyl sites for hydroxylation is 1. The smallest absolute Gasteiger partial charge is 0.249 e. The Labute approximate surface area is 151 Å². The highest BCUT2D eigenvalue weighted by atomic mass is 16.1. The first-order valence-electron chi connectivity index (χ1n) is 8.64. The Kier molecular flexibility index (Phi) is 4.31. The third-order valence-corrected chi connectivity index (χ3v) is 4.46. The number of rotatable bonds is 4. The van der Waals surface area contributed by atoms with E-state index < -0.39 is 0 Å². The second-order valence-corrected chi connectivity index (χ2v) is 6.28. The number of Topliss-reactive ketones (excluding diaryl/α,β-unsaturated/α-hetero) is 1. The van der Waals surface area contributed by atoms with Crippen molar-refractivity contribution in [1.29, 1.82) is 0 Å². The van der Waals surface area contributed by atoms with E-state index in [1.54, 1.807) is 25.3 Å². The van der Waals surface area contributed by atoms with Crippen LogP contribution in [0.15, 0.2) is 54.7 Å². The van der Waals surface area contributed by atoms with Crippen LogP contribution in [0.2, 0.25) is 0 Å². The summed E-state index contributed by atoms with van der Waals surface area (Å²) in [5, 5.41) is 11.3. The molecule has 26 heavy (non-hydrogen) atoms. The van der Waals surface area contributed by atoms with Crippen LogP contribution in [0.3, 0.4) is 0 Å². The van der Waals surface area contributed by atoms with Gasteiger partial charge in [-0.15, -0.1) is 5.10 Å². The molecule has 3 aromatic rings. The molecule has 1 aliphatic rings. The van der Waals surface area contributed by atoms with Crippen LogP contribution in [0.5, 0.6) is 0 Å². The van der Waals surface area contributed by atoms with Gasteiger partial charge in [0, 0.05) is 23.5 Å². The number of fused-ring (bicyclic) bond motifs is 1. The minimum Gasteiger partial charge on any atom is -0.325 e. The fourth-order valence-electron chi connectivity index (χ4n) is 3.19. The number of hydrogen-bond donors (Lipinski definition) is 1. The number of carbonyl (C=O) groups excluding carboxylic acids is 1. The first-order valence-corrected chi connectivity index (χ1v) is 8.64. The van der Waals surface area contributed by atoms with E-state index in [1.807, 2.05) is 18.2 Å². The molecule has 1 N–H and O–H groups in total. The lowest BCUT2D eigenvalue weighted by atomic mass is 10.0. The van der Waals surface area contributed by atoms with Gasteiger partial charge in [-0.25, -0.2) is 0 Å². The van der Waals surface area contributed by atoms with Gasteiger partial charge in [0.15, 0.2) is 11.6 Å². The van der Waals surface area contributed by atoms with E-state index in [4.69, 9.17) is 0 Å². The van der Waals surface area contributed by atoms with Crippen molar-refractivity contribution in [3.05, 3.63) is 65.9 Å². The standard InChI is InChI=1S/C20H19N5O/c1-14(26)16-7-4-9-17(12-16)22-20-23-19(13-21-24-20)25-11-5-8-15-6-2-3-10-18(15)25/h2-4,6-7,9-10,12-13H,5,8,11H2,1H3,(H,22,23,24). The van der Waals surface area contributed by atoms with Gasteiger partial charge in [0.25, 0.3) is 0 Å². The normalized spacial score (nSPS) is 13.2. The summed E-state index contributed by atoms with van der Waals surface area (Å²) in [6.07, 6.45) is 3.83. The number of carbonyl (C=O) groups is 1. The minimum absolute atomic E-state index is 0.0198. The van der Waals surface area contributed by atoms with Crippen molar-refractivity contribution < 1.29 is 4.79 Å². The molecule has 130 valence electrons. The average Bonchev–Trinajstić information content (AvgIpc) is 2.68. The molecule has 4 rings (SSSR count). The lowest BCUT2D eigenvalue weighted by Gasteiger charge is -2.30. The molecule has 0 unspecified atom stereocenters. The van der Waals surface area contributed by atoms with Crippen molar-refractivity contribution in [3.8, 4) is 0 Å². The quantitative estimate of drug-likeness (QED) is 0.723. The van der Waals surface area contributed by atoms with Crippen molar-refractivity contribution in [3.63, 3.8) is 0 Å². The summed E-state index contributed by atoms with van der Waals surface area (Å²) in [4.78, 5) is 18.3. The third kappa shape index (κ3) is 3.26.